The predicted molar refractivity (Wildman–Crippen MR) is 113 cm³/mol. The van der Waals surface area contributed by atoms with Crippen molar-refractivity contribution in [2.75, 3.05) is 32.7 Å². The Hall–Kier alpha value is -2.08. The number of hydrogen-bond donors (Lipinski definition) is 0. The fourth-order valence-electron chi connectivity index (χ4n) is 4.20. The Balaban J connectivity index is 1.65. The van der Waals surface area contributed by atoms with Crippen LogP contribution in [0.5, 0.6) is 0 Å². The largest absolute Gasteiger partial charge is 0.339 e. The first-order valence-corrected chi connectivity index (χ1v) is 11.0. The highest BCUT2D eigenvalue weighted by atomic mass is 35.5. The van der Waals surface area contributed by atoms with Gasteiger partial charge in [0.1, 0.15) is 6.04 Å². The van der Waals surface area contributed by atoms with Gasteiger partial charge < -0.3 is 14.7 Å². The highest BCUT2D eigenvalue weighted by molar-refractivity contribution is 6.33. The molecule has 7 heteroatoms. The Bertz CT molecular complexity index is 755. The molecule has 0 N–H and O–H groups in total. The molecule has 1 aromatic carbocycles. The van der Waals surface area contributed by atoms with Crippen molar-refractivity contribution in [1.29, 1.82) is 0 Å². The Labute approximate surface area is 177 Å². The number of amides is 3. The van der Waals surface area contributed by atoms with Gasteiger partial charge in [0.2, 0.25) is 11.8 Å². The van der Waals surface area contributed by atoms with Gasteiger partial charge in [-0.15, -0.1) is 0 Å². The average Bonchev–Trinajstić information content (AvgIpc) is 2.99. The minimum absolute atomic E-state index is 0.0289. The van der Waals surface area contributed by atoms with Crippen LogP contribution in [0.15, 0.2) is 24.3 Å². The van der Waals surface area contributed by atoms with Crippen molar-refractivity contribution in [3.8, 4) is 0 Å². The molecule has 1 unspecified atom stereocenters. The van der Waals surface area contributed by atoms with Crippen LogP contribution in [0.4, 0.5) is 0 Å². The fraction of sp³-hybridized carbons (Fsp3) is 0.591. The molecule has 0 spiro atoms. The van der Waals surface area contributed by atoms with E-state index in [0.717, 1.165) is 32.1 Å². The lowest BCUT2D eigenvalue weighted by atomic mass is 10.00. The molecular formula is C22H30ClN3O3. The number of nitrogens with zero attached hydrogens (tertiary/aromatic N) is 3. The molecule has 0 aromatic heterocycles. The number of hydrogen-bond acceptors (Lipinski definition) is 3. The van der Waals surface area contributed by atoms with Gasteiger partial charge in [0.15, 0.2) is 0 Å². The van der Waals surface area contributed by atoms with Crippen molar-refractivity contribution in [3.05, 3.63) is 34.9 Å². The molecule has 1 aromatic rings. The molecule has 0 aliphatic carbocycles. The van der Waals surface area contributed by atoms with Crippen LogP contribution >= 0.6 is 11.6 Å². The maximum Gasteiger partial charge on any atom is 0.255 e. The van der Waals surface area contributed by atoms with Crippen molar-refractivity contribution in [2.45, 2.75) is 51.5 Å². The van der Waals surface area contributed by atoms with Crippen LogP contribution in [-0.2, 0) is 9.59 Å². The lowest BCUT2D eigenvalue weighted by Gasteiger charge is -2.37. The third-order valence-corrected chi connectivity index (χ3v) is 6.10. The first-order chi connectivity index (χ1) is 14.0. The molecule has 2 fully saturated rings. The zero-order valence-electron chi connectivity index (χ0n) is 17.1. The van der Waals surface area contributed by atoms with Gasteiger partial charge in [-0.3, -0.25) is 14.4 Å². The van der Waals surface area contributed by atoms with Crippen molar-refractivity contribution in [2.24, 2.45) is 0 Å². The first kappa shape index (κ1) is 21.6. The second-order valence-electron chi connectivity index (χ2n) is 7.80. The SMILES string of the molecule is CCCC(=O)N1CCCCC1C(=O)N1CCCN(C(=O)c2ccccc2Cl)CC1. The standard InChI is InChI=1S/C22H30ClN3O3/c1-2-8-20(27)26-14-6-5-11-19(26)22(29)25-13-7-12-24(15-16-25)21(28)17-9-3-4-10-18(17)23/h3-4,9-10,19H,2,5-8,11-16H2,1H3. The topological polar surface area (TPSA) is 60.9 Å². The molecule has 0 saturated carbocycles. The maximum absolute atomic E-state index is 13.2. The summed E-state index contributed by atoms with van der Waals surface area (Å²) in [6.45, 7) is 4.82. The molecule has 2 heterocycles. The fourth-order valence-corrected chi connectivity index (χ4v) is 4.42. The number of benzene rings is 1. The van der Waals surface area contributed by atoms with Crippen LogP contribution in [0.2, 0.25) is 5.02 Å². The van der Waals surface area contributed by atoms with Crippen LogP contribution in [0, 0.1) is 0 Å². The van der Waals surface area contributed by atoms with Gasteiger partial charge in [0, 0.05) is 39.1 Å². The van der Waals surface area contributed by atoms with E-state index in [-0.39, 0.29) is 23.8 Å². The third kappa shape index (κ3) is 5.10. The van der Waals surface area contributed by atoms with Gasteiger partial charge in [-0.1, -0.05) is 30.7 Å². The van der Waals surface area contributed by atoms with E-state index < -0.39 is 0 Å². The van der Waals surface area contributed by atoms with E-state index in [2.05, 4.69) is 0 Å². The lowest BCUT2D eigenvalue weighted by molar-refractivity contribution is -0.147. The summed E-state index contributed by atoms with van der Waals surface area (Å²) in [5, 5.41) is 0.446. The zero-order valence-corrected chi connectivity index (χ0v) is 17.9. The number of piperidine rings is 1. The van der Waals surface area contributed by atoms with E-state index in [4.69, 9.17) is 11.6 Å². The van der Waals surface area contributed by atoms with E-state index in [0.29, 0.717) is 49.7 Å². The second-order valence-corrected chi connectivity index (χ2v) is 8.21. The molecule has 0 bridgehead atoms. The van der Waals surface area contributed by atoms with Crippen LogP contribution in [0.3, 0.4) is 0 Å². The highest BCUT2D eigenvalue weighted by Crippen LogP contribution is 2.22. The monoisotopic (exact) mass is 419 g/mol. The molecule has 6 nitrogen and oxygen atoms in total. The Morgan fingerprint density at radius 3 is 2.45 bits per heavy atom. The molecule has 2 aliphatic rings. The number of carbonyl (C=O) groups excluding carboxylic acids is 3. The zero-order chi connectivity index (χ0) is 20.8. The van der Waals surface area contributed by atoms with Crippen LogP contribution in [-0.4, -0.2) is 71.2 Å². The summed E-state index contributed by atoms with van der Waals surface area (Å²) < 4.78 is 0. The van der Waals surface area contributed by atoms with Crippen molar-refractivity contribution in [3.63, 3.8) is 0 Å². The van der Waals surface area contributed by atoms with Crippen molar-refractivity contribution in [1.82, 2.24) is 14.7 Å². The van der Waals surface area contributed by atoms with E-state index in [1.54, 1.807) is 34.1 Å². The summed E-state index contributed by atoms with van der Waals surface area (Å²) in [4.78, 5) is 44.0. The maximum atomic E-state index is 13.2. The Kier molecular flexibility index (Phi) is 7.53. The van der Waals surface area contributed by atoms with Gasteiger partial charge in [-0.05, 0) is 44.2 Å². The first-order valence-electron chi connectivity index (χ1n) is 10.6. The number of likely N-dealkylation sites (tertiary alicyclic amines) is 1. The van der Waals surface area contributed by atoms with Crippen LogP contribution < -0.4 is 0 Å². The summed E-state index contributed by atoms with van der Waals surface area (Å²) in [5.74, 6) is 0.0133. The predicted octanol–water partition coefficient (Wildman–Crippen LogP) is 3.20. The van der Waals surface area contributed by atoms with Gasteiger partial charge in [-0.2, -0.15) is 0 Å². The highest BCUT2D eigenvalue weighted by Gasteiger charge is 2.35. The van der Waals surface area contributed by atoms with Gasteiger partial charge >= 0.3 is 0 Å². The normalized spacial score (nSPS) is 20.3. The van der Waals surface area contributed by atoms with Gasteiger partial charge in [-0.25, -0.2) is 0 Å². The van der Waals surface area contributed by atoms with Crippen molar-refractivity contribution < 1.29 is 14.4 Å². The molecule has 158 valence electrons. The Morgan fingerprint density at radius 2 is 1.69 bits per heavy atom. The molecule has 0 radical (unpaired) electrons. The molecule has 1 atom stereocenters. The molecule has 3 rings (SSSR count). The smallest absolute Gasteiger partial charge is 0.255 e. The molecular weight excluding hydrogens is 390 g/mol. The molecule has 2 saturated heterocycles. The van der Waals surface area contributed by atoms with Crippen molar-refractivity contribution >= 4 is 29.3 Å². The second kappa shape index (κ2) is 10.1. The summed E-state index contributed by atoms with van der Waals surface area (Å²) in [6, 6.07) is 6.70. The van der Waals surface area contributed by atoms with E-state index in [1.807, 2.05) is 11.8 Å². The number of halogens is 1. The van der Waals surface area contributed by atoms with Gasteiger partial charge in [0.05, 0.1) is 10.6 Å². The van der Waals surface area contributed by atoms with Crippen LogP contribution in [0.1, 0.15) is 55.8 Å². The minimum Gasteiger partial charge on any atom is -0.339 e. The van der Waals surface area contributed by atoms with E-state index >= 15 is 0 Å². The number of carbonyl (C=O) groups is 3. The molecule has 3 amide bonds. The minimum atomic E-state index is -0.353. The Morgan fingerprint density at radius 1 is 0.966 bits per heavy atom. The lowest BCUT2D eigenvalue weighted by Crippen LogP contribution is -2.53. The summed E-state index contributed by atoms with van der Waals surface area (Å²) in [6.07, 6.45) is 4.66. The van der Waals surface area contributed by atoms with Gasteiger partial charge in [0.25, 0.3) is 5.91 Å². The summed E-state index contributed by atoms with van der Waals surface area (Å²) >= 11 is 6.18. The molecule has 2 aliphatic heterocycles. The summed E-state index contributed by atoms with van der Waals surface area (Å²) in [5.41, 5.74) is 0.498. The van der Waals surface area contributed by atoms with E-state index in [1.165, 1.54) is 0 Å². The van der Waals surface area contributed by atoms with E-state index in [9.17, 15) is 14.4 Å². The molecule has 29 heavy (non-hydrogen) atoms. The average molecular weight is 420 g/mol. The van der Waals surface area contributed by atoms with Crippen LogP contribution in [0.25, 0.3) is 0 Å². The summed E-state index contributed by atoms with van der Waals surface area (Å²) in [7, 11) is 0. The quantitative estimate of drug-likeness (QED) is 0.752. The number of rotatable bonds is 4. The third-order valence-electron chi connectivity index (χ3n) is 5.77.